The summed E-state index contributed by atoms with van der Waals surface area (Å²) in [5.74, 6) is -2.51. The van der Waals surface area contributed by atoms with E-state index in [1.807, 2.05) is 42.5 Å². The number of nitrogens with two attached hydrogens (primary N) is 1. The number of benzene rings is 3. The second-order valence-corrected chi connectivity index (χ2v) is 7.49. The van der Waals surface area contributed by atoms with Gasteiger partial charge in [-0.2, -0.15) is 0 Å². The fourth-order valence-corrected chi connectivity index (χ4v) is 3.98. The lowest BCUT2D eigenvalue weighted by Crippen LogP contribution is -2.38. The number of aromatic nitrogens is 1. The van der Waals surface area contributed by atoms with Crippen LogP contribution >= 0.6 is 0 Å². The molecule has 3 aromatic carbocycles. The summed E-state index contributed by atoms with van der Waals surface area (Å²) in [5.41, 5.74) is 6.51. The number of likely N-dealkylation sites (N-methyl/N-ethyl adjacent to an activating group) is 1. The standard InChI is InChI=1S/C24H20FN3O4/c1-27(24(26)32)21(29)12-19-18-11-16(25)9-10-20(18)28(22(19)23(30)31)13-15-7-4-6-14-5-2-3-8-17(14)15/h2-11H,12-13H2,1H3,(H2,26,32)(H,30,31). The molecule has 8 heteroatoms. The summed E-state index contributed by atoms with van der Waals surface area (Å²) in [6.45, 7) is 0.199. The number of urea groups is 1. The normalized spacial score (nSPS) is 11.1. The Bertz CT molecular complexity index is 1390. The van der Waals surface area contributed by atoms with Gasteiger partial charge in [-0.1, -0.05) is 42.5 Å². The predicted octanol–water partition coefficient (Wildman–Crippen LogP) is 3.76. The number of fused-ring (bicyclic) bond motifs is 2. The minimum atomic E-state index is -1.26. The average Bonchev–Trinajstić information content (AvgIpc) is 3.05. The summed E-state index contributed by atoms with van der Waals surface area (Å²) >= 11 is 0. The maximum absolute atomic E-state index is 14.1. The maximum Gasteiger partial charge on any atom is 0.352 e. The van der Waals surface area contributed by atoms with E-state index < -0.39 is 30.1 Å². The fourth-order valence-electron chi connectivity index (χ4n) is 3.98. The lowest BCUT2D eigenvalue weighted by atomic mass is 10.0. The molecule has 0 fully saturated rings. The molecule has 0 aliphatic carbocycles. The van der Waals surface area contributed by atoms with Crippen molar-refractivity contribution in [2.45, 2.75) is 13.0 Å². The number of primary amides is 1. The number of rotatable bonds is 5. The molecule has 0 aliphatic heterocycles. The van der Waals surface area contributed by atoms with Crippen LogP contribution in [0.15, 0.2) is 60.7 Å². The van der Waals surface area contributed by atoms with Crippen LogP contribution in [0.25, 0.3) is 21.7 Å². The Kier molecular flexibility index (Phi) is 5.36. The highest BCUT2D eigenvalue weighted by molar-refractivity contribution is 6.03. The van der Waals surface area contributed by atoms with Crippen molar-refractivity contribution in [2.75, 3.05) is 7.05 Å². The summed E-state index contributed by atoms with van der Waals surface area (Å²) in [4.78, 5) is 36.9. The molecule has 0 spiro atoms. The number of nitrogens with zero attached hydrogens (tertiary/aromatic N) is 2. The largest absolute Gasteiger partial charge is 0.477 e. The molecule has 0 saturated carbocycles. The molecule has 1 aromatic heterocycles. The fraction of sp³-hybridized carbons (Fsp3) is 0.125. The molecule has 4 aromatic rings. The zero-order chi connectivity index (χ0) is 23.0. The van der Waals surface area contributed by atoms with Crippen LogP contribution in [0.3, 0.4) is 0 Å². The average molecular weight is 433 g/mol. The van der Waals surface area contributed by atoms with Gasteiger partial charge in [0, 0.05) is 30.1 Å². The molecular formula is C24H20FN3O4. The van der Waals surface area contributed by atoms with Crippen molar-refractivity contribution in [3.05, 3.63) is 83.3 Å². The molecule has 0 unspecified atom stereocenters. The quantitative estimate of drug-likeness (QED) is 0.500. The van der Waals surface area contributed by atoms with Crippen LogP contribution in [0.2, 0.25) is 0 Å². The van der Waals surface area contributed by atoms with Gasteiger partial charge in [-0.25, -0.2) is 14.0 Å². The van der Waals surface area contributed by atoms with Gasteiger partial charge in [-0.15, -0.1) is 0 Å². The highest BCUT2D eigenvalue weighted by atomic mass is 19.1. The van der Waals surface area contributed by atoms with Gasteiger partial charge in [0.15, 0.2) is 0 Å². The summed E-state index contributed by atoms with van der Waals surface area (Å²) in [5, 5.41) is 12.3. The number of imide groups is 1. The summed E-state index contributed by atoms with van der Waals surface area (Å²) in [7, 11) is 1.21. The second-order valence-electron chi connectivity index (χ2n) is 7.49. The van der Waals surface area contributed by atoms with Crippen molar-refractivity contribution < 1.29 is 23.9 Å². The topological polar surface area (TPSA) is 106 Å². The molecule has 0 aliphatic rings. The highest BCUT2D eigenvalue weighted by Crippen LogP contribution is 2.30. The number of amides is 3. The van der Waals surface area contributed by atoms with E-state index in [4.69, 9.17) is 5.73 Å². The van der Waals surface area contributed by atoms with Crippen LogP contribution in [0.4, 0.5) is 9.18 Å². The molecule has 7 nitrogen and oxygen atoms in total. The van der Waals surface area contributed by atoms with Crippen LogP contribution in [-0.2, 0) is 17.8 Å². The van der Waals surface area contributed by atoms with E-state index in [0.29, 0.717) is 15.8 Å². The number of hydrogen-bond donors (Lipinski definition) is 2. The molecule has 1 heterocycles. The van der Waals surface area contributed by atoms with E-state index in [1.165, 1.54) is 25.2 Å². The van der Waals surface area contributed by atoms with Crippen molar-refractivity contribution in [2.24, 2.45) is 5.73 Å². The SMILES string of the molecule is CN(C(N)=O)C(=O)Cc1c(C(=O)O)n(Cc2cccc3ccccc23)c2ccc(F)cc12. The van der Waals surface area contributed by atoms with Crippen molar-refractivity contribution in [3.8, 4) is 0 Å². The number of carboxylic acid groups (broad SMARTS) is 1. The minimum absolute atomic E-state index is 0.130. The first-order valence-corrected chi connectivity index (χ1v) is 9.84. The molecule has 3 amide bonds. The van der Waals surface area contributed by atoms with E-state index in [0.717, 1.165) is 16.3 Å². The molecule has 0 radical (unpaired) electrons. The summed E-state index contributed by atoms with van der Waals surface area (Å²) < 4.78 is 15.7. The Hall–Kier alpha value is -4.20. The summed E-state index contributed by atoms with van der Waals surface area (Å²) in [6, 6.07) is 16.5. The molecule has 0 bridgehead atoms. The third-order valence-corrected chi connectivity index (χ3v) is 5.57. The van der Waals surface area contributed by atoms with E-state index in [2.05, 4.69) is 0 Å². The first kappa shape index (κ1) is 21.0. The Morgan fingerprint density at radius 1 is 1.03 bits per heavy atom. The van der Waals surface area contributed by atoms with Crippen LogP contribution in [0, 0.1) is 5.82 Å². The molecule has 3 N–H and O–H groups in total. The van der Waals surface area contributed by atoms with Crippen LogP contribution in [0.5, 0.6) is 0 Å². The lowest BCUT2D eigenvalue weighted by Gasteiger charge is -2.13. The minimum Gasteiger partial charge on any atom is -0.477 e. The number of aromatic carboxylic acids is 1. The number of hydrogen-bond acceptors (Lipinski definition) is 3. The Morgan fingerprint density at radius 3 is 2.47 bits per heavy atom. The van der Waals surface area contributed by atoms with Crippen molar-refractivity contribution in [1.29, 1.82) is 0 Å². The van der Waals surface area contributed by atoms with Gasteiger partial charge >= 0.3 is 12.0 Å². The zero-order valence-electron chi connectivity index (χ0n) is 17.2. The number of carboxylic acids is 1. The van der Waals surface area contributed by atoms with Gasteiger partial charge in [0.2, 0.25) is 5.91 Å². The molecule has 0 atom stereocenters. The molecule has 0 saturated heterocycles. The number of carbonyl (C=O) groups excluding carboxylic acids is 2. The monoisotopic (exact) mass is 433 g/mol. The van der Waals surface area contributed by atoms with Gasteiger partial charge in [0.1, 0.15) is 11.5 Å². The third-order valence-electron chi connectivity index (χ3n) is 5.57. The van der Waals surface area contributed by atoms with Gasteiger partial charge in [-0.05, 0) is 34.5 Å². The van der Waals surface area contributed by atoms with Gasteiger partial charge in [0.05, 0.1) is 6.42 Å². The van der Waals surface area contributed by atoms with Crippen LogP contribution in [0.1, 0.15) is 21.6 Å². The Morgan fingerprint density at radius 2 is 1.75 bits per heavy atom. The smallest absolute Gasteiger partial charge is 0.352 e. The molecular weight excluding hydrogens is 413 g/mol. The van der Waals surface area contributed by atoms with Gasteiger partial charge < -0.3 is 15.4 Å². The highest BCUT2D eigenvalue weighted by Gasteiger charge is 2.26. The second kappa shape index (κ2) is 8.14. The predicted molar refractivity (Wildman–Crippen MR) is 118 cm³/mol. The van der Waals surface area contributed by atoms with Crippen molar-refractivity contribution in [3.63, 3.8) is 0 Å². The van der Waals surface area contributed by atoms with E-state index >= 15 is 0 Å². The molecule has 4 rings (SSSR count). The first-order chi connectivity index (χ1) is 15.3. The molecule has 32 heavy (non-hydrogen) atoms. The lowest BCUT2D eigenvalue weighted by molar-refractivity contribution is -0.126. The van der Waals surface area contributed by atoms with Gasteiger partial charge in [-0.3, -0.25) is 9.69 Å². The van der Waals surface area contributed by atoms with Crippen molar-refractivity contribution >= 4 is 39.6 Å². The maximum atomic E-state index is 14.1. The van der Waals surface area contributed by atoms with E-state index in [-0.39, 0.29) is 17.8 Å². The van der Waals surface area contributed by atoms with Crippen LogP contribution in [-0.4, -0.2) is 39.5 Å². The van der Waals surface area contributed by atoms with Gasteiger partial charge in [0.25, 0.3) is 0 Å². The molecule has 162 valence electrons. The van der Waals surface area contributed by atoms with E-state index in [9.17, 15) is 23.9 Å². The summed E-state index contributed by atoms with van der Waals surface area (Å²) in [6.07, 6.45) is -0.413. The Balaban J connectivity index is 1.92. The van der Waals surface area contributed by atoms with E-state index in [1.54, 1.807) is 4.57 Å². The van der Waals surface area contributed by atoms with Crippen LogP contribution < -0.4 is 5.73 Å². The first-order valence-electron chi connectivity index (χ1n) is 9.84. The Labute approximate surface area is 182 Å². The van der Waals surface area contributed by atoms with Crippen molar-refractivity contribution in [1.82, 2.24) is 9.47 Å². The zero-order valence-corrected chi connectivity index (χ0v) is 17.2. The third kappa shape index (κ3) is 3.66. The number of carbonyl (C=O) groups is 3. The number of halogens is 1.